The smallest absolute Gasteiger partial charge is 0.197 e. The molecule has 0 radical (unpaired) electrons. The predicted molar refractivity (Wildman–Crippen MR) is 154 cm³/mol. The van der Waals surface area contributed by atoms with E-state index in [-0.39, 0.29) is 11.5 Å². The first-order valence-corrected chi connectivity index (χ1v) is 13.3. The number of hydrogen-bond acceptors (Lipinski definition) is 5. The lowest BCUT2D eigenvalue weighted by Gasteiger charge is -2.30. The molecule has 206 valence electrons. The minimum absolute atomic E-state index is 0.00273. The standard InChI is InChI=1S/C33H44O5/c1-19(2)12-14-23-25(37-32(5,6)7)17-22-16-21-18-26(38-33(8,9)10)31(36-11)24(15-13-20(3)4)27(21)30(35)28(22)29(23)34/h12-13,17-18,34H,14-16H2,1-11H3. The third kappa shape index (κ3) is 6.61. The Labute approximate surface area is 228 Å². The molecule has 0 aliphatic heterocycles. The summed E-state index contributed by atoms with van der Waals surface area (Å²) in [5.74, 6) is 1.58. The predicted octanol–water partition coefficient (Wildman–Crippen LogP) is 7.91. The molecule has 2 aromatic carbocycles. The molecule has 5 heteroatoms. The molecule has 1 N–H and O–H groups in total. The molecular weight excluding hydrogens is 476 g/mol. The number of carbonyl (C=O) groups is 1. The Kier molecular flexibility index (Phi) is 8.40. The maximum absolute atomic E-state index is 14.2. The molecule has 0 amide bonds. The van der Waals surface area contributed by atoms with Crippen LogP contribution >= 0.6 is 0 Å². The summed E-state index contributed by atoms with van der Waals surface area (Å²) in [5.41, 5.74) is 5.31. The van der Waals surface area contributed by atoms with Crippen molar-refractivity contribution < 1.29 is 24.1 Å². The van der Waals surface area contributed by atoms with E-state index < -0.39 is 11.2 Å². The molecule has 0 aromatic heterocycles. The van der Waals surface area contributed by atoms with Gasteiger partial charge in [-0.15, -0.1) is 0 Å². The zero-order valence-electron chi connectivity index (χ0n) is 25.0. The Bertz CT molecular complexity index is 1290. The van der Waals surface area contributed by atoms with E-state index in [2.05, 4.69) is 6.08 Å². The molecule has 0 fully saturated rings. The molecular formula is C33H44O5. The summed E-state index contributed by atoms with van der Waals surface area (Å²) in [6.45, 7) is 20.0. The number of phenols is 1. The van der Waals surface area contributed by atoms with Gasteiger partial charge in [-0.2, -0.15) is 0 Å². The number of methoxy groups -OCH3 is 1. The highest BCUT2D eigenvalue weighted by Crippen LogP contribution is 2.46. The first kappa shape index (κ1) is 29.3. The van der Waals surface area contributed by atoms with Crippen LogP contribution in [-0.4, -0.2) is 29.2 Å². The fourth-order valence-corrected chi connectivity index (χ4v) is 4.69. The first-order chi connectivity index (χ1) is 17.5. The van der Waals surface area contributed by atoms with Crippen LogP contribution in [0.15, 0.2) is 35.4 Å². The summed E-state index contributed by atoms with van der Waals surface area (Å²) in [5, 5.41) is 11.6. The number of aromatic hydroxyl groups is 1. The number of rotatable bonds is 7. The lowest BCUT2D eigenvalue weighted by atomic mass is 9.79. The number of allylic oxidation sites excluding steroid dienone is 4. The largest absolute Gasteiger partial charge is 0.507 e. The molecule has 0 unspecified atom stereocenters. The molecule has 0 spiro atoms. The van der Waals surface area contributed by atoms with Gasteiger partial charge in [-0.05, 0) is 112 Å². The maximum Gasteiger partial charge on any atom is 0.197 e. The molecule has 0 saturated carbocycles. The van der Waals surface area contributed by atoms with Crippen LogP contribution < -0.4 is 14.2 Å². The Morgan fingerprint density at radius 3 is 1.79 bits per heavy atom. The lowest BCUT2D eigenvalue weighted by molar-refractivity contribution is 0.102. The van der Waals surface area contributed by atoms with Crippen molar-refractivity contribution in [2.45, 2.75) is 99.7 Å². The highest BCUT2D eigenvalue weighted by atomic mass is 16.5. The second kappa shape index (κ2) is 10.9. The van der Waals surface area contributed by atoms with E-state index in [1.807, 2.05) is 87.4 Å². The van der Waals surface area contributed by atoms with Gasteiger partial charge in [-0.25, -0.2) is 0 Å². The van der Waals surface area contributed by atoms with Crippen LogP contribution in [0.5, 0.6) is 23.0 Å². The van der Waals surface area contributed by atoms with E-state index in [9.17, 15) is 9.90 Å². The van der Waals surface area contributed by atoms with Crippen LogP contribution in [0.25, 0.3) is 0 Å². The number of ether oxygens (including phenoxy) is 3. The van der Waals surface area contributed by atoms with Crippen molar-refractivity contribution in [3.05, 3.63) is 68.8 Å². The quantitative estimate of drug-likeness (QED) is 0.321. The molecule has 1 aliphatic rings. The number of fused-ring (bicyclic) bond motifs is 2. The van der Waals surface area contributed by atoms with Gasteiger partial charge in [0.2, 0.25) is 0 Å². The number of ketones is 1. The Balaban J connectivity index is 2.31. The zero-order chi connectivity index (χ0) is 28.6. The number of hydrogen-bond donors (Lipinski definition) is 1. The monoisotopic (exact) mass is 520 g/mol. The summed E-state index contributed by atoms with van der Waals surface area (Å²) in [4.78, 5) is 14.2. The summed E-state index contributed by atoms with van der Waals surface area (Å²) in [6.07, 6.45) is 5.59. The Morgan fingerprint density at radius 1 is 0.816 bits per heavy atom. The maximum atomic E-state index is 14.2. The Morgan fingerprint density at radius 2 is 1.29 bits per heavy atom. The molecule has 0 saturated heterocycles. The van der Waals surface area contributed by atoms with Gasteiger partial charge in [0, 0.05) is 16.7 Å². The fourth-order valence-electron chi connectivity index (χ4n) is 4.69. The highest BCUT2D eigenvalue weighted by Gasteiger charge is 2.35. The van der Waals surface area contributed by atoms with Gasteiger partial charge >= 0.3 is 0 Å². The number of benzene rings is 2. The minimum Gasteiger partial charge on any atom is -0.507 e. The lowest BCUT2D eigenvalue weighted by Crippen LogP contribution is -2.26. The molecule has 2 aromatic rings. The van der Waals surface area contributed by atoms with Crippen molar-refractivity contribution in [1.29, 1.82) is 0 Å². The second-order valence-electron chi connectivity index (χ2n) is 12.6. The summed E-state index contributed by atoms with van der Waals surface area (Å²) in [6, 6.07) is 3.85. The Hall–Kier alpha value is -3.21. The van der Waals surface area contributed by atoms with Gasteiger partial charge in [-0.3, -0.25) is 4.79 Å². The third-order valence-electron chi connectivity index (χ3n) is 6.17. The van der Waals surface area contributed by atoms with Gasteiger partial charge in [-0.1, -0.05) is 23.3 Å². The molecule has 0 atom stereocenters. The van der Waals surface area contributed by atoms with Crippen LogP contribution in [0.2, 0.25) is 0 Å². The normalized spacial score (nSPS) is 12.9. The van der Waals surface area contributed by atoms with E-state index in [1.54, 1.807) is 7.11 Å². The average molecular weight is 521 g/mol. The zero-order valence-corrected chi connectivity index (χ0v) is 25.0. The summed E-state index contributed by atoms with van der Waals surface area (Å²) >= 11 is 0. The molecule has 0 heterocycles. The van der Waals surface area contributed by atoms with Crippen molar-refractivity contribution in [2.75, 3.05) is 7.11 Å². The van der Waals surface area contributed by atoms with Crippen molar-refractivity contribution in [3.8, 4) is 23.0 Å². The topological polar surface area (TPSA) is 65.0 Å². The van der Waals surface area contributed by atoms with E-state index in [1.165, 1.54) is 0 Å². The van der Waals surface area contributed by atoms with E-state index in [0.717, 1.165) is 27.8 Å². The van der Waals surface area contributed by atoms with E-state index >= 15 is 0 Å². The number of carbonyl (C=O) groups excluding carboxylic acids is 1. The van der Waals surface area contributed by atoms with E-state index in [0.29, 0.717) is 53.2 Å². The average Bonchev–Trinajstić information content (AvgIpc) is 2.74. The van der Waals surface area contributed by atoms with Gasteiger partial charge < -0.3 is 19.3 Å². The van der Waals surface area contributed by atoms with Crippen molar-refractivity contribution >= 4 is 5.78 Å². The van der Waals surface area contributed by atoms with Gasteiger partial charge in [0.15, 0.2) is 17.3 Å². The van der Waals surface area contributed by atoms with Crippen LogP contribution in [0, 0.1) is 0 Å². The van der Waals surface area contributed by atoms with Crippen LogP contribution in [0.4, 0.5) is 0 Å². The number of phenolic OH excluding ortho intramolecular Hbond substituents is 1. The van der Waals surface area contributed by atoms with Gasteiger partial charge in [0.05, 0.1) is 12.7 Å². The SMILES string of the molecule is COc1c(OC(C)(C)C)cc2c(c1CC=C(C)C)C(=O)c1c(cc(OC(C)(C)C)c(CC=C(C)C)c1O)C2. The summed E-state index contributed by atoms with van der Waals surface area (Å²) in [7, 11) is 1.61. The van der Waals surface area contributed by atoms with Crippen molar-refractivity contribution in [2.24, 2.45) is 0 Å². The van der Waals surface area contributed by atoms with Crippen molar-refractivity contribution in [1.82, 2.24) is 0 Å². The molecule has 3 rings (SSSR count). The summed E-state index contributed by atoms with van der Waals surface area (Å²) < 4.78 is 18.5. The van der Waals surface area contributed by atoms with Gasteiger partial charge in [0.1, 0.15) is 22.7 Å². The fraction of sp³-hybridized carbons (Fsp3) is 0.485. The van der Waals surface area contributed by atoms with Crippen molar-refractivity contribution in [3.63, 3.8) is 0 Å². The first-order valence-electron chi connectivity index (χ1n) is 13.3. The van der Waals surface area contributed by atoms with Crippen LogP contribution in [-0.2, 0) is 19.3 Å². The van der Waals surface area contributed by atoms with Crippen LogP contribution in [0.3, 0.4) is 0 Å². The molecule has 0 bridgehead atoms. The molecule has 38 heavy (non-hydrogen) atoms. The van der Waals surface area contributed by atoms with Gasteiger partial charge in [0.25, 0.3) is 0 Å². The molecule has 1 aliphatic carbocycles. The third-order valence-corrected chi connectivity index (χ3v) is 6.17. The van der Waals surface area contributed by atoms with E-state index in [4.69, 9.17) is 14.2 Å². The highest BCUT2D eigenvalue weighted by molar-refractivity contribution is 6.15. The minimum atomic E-state index is -0.463. The van der Waals surface area contributed by atoms with Crippen LogP contribution in [0.1, 0.15) is 107 Å². The molecule has 5 nitrogen and oxygen atoms in total. The second-order valence-corrected chi connectivity index (χ2v) is 12.6.